The van der Waals surface area contributed by atoms with Crippen LogP contribution in [0.25, 0.3) is 0 Å². The van der Waals surface area contributed by atoms with E-state index < -0.39 is 0 Å². The van der Waals surface area contributed by atoms with Gasteiger partial charge in [-0.25, -0.2) is 4.98 Å². The highest BCUT2D eigenvalue weighted by atomic mass is 16.5. The van der Waals surface area contributed by atoms with Crippen LogP contribution in [0.3, 0.4) is 0 Å². The molecule has 1 aromatic rings. The van der Waals surface area contributed by atoms with Crippen LogP contribution >= 0.6 is 0 Å². The molecule has 3 nitrogen and oxygen atoms in total. The molecule has 0 N–H and O–H groups in total. The fourth-order valence-corrected chi connectivity index (χ4v) is 1.49. The Labute approximate surface area is 103 Å². The maximum Gasteiger partial charge on any atom is 0.180 e. The van der Waals surface area contributed by atoms with E-state index in [0.717, 1.165) is 12.2 Å². The van der Waals surface area contributed by atoms with E-state index in [9.17, 15) is 4.79 Å². The SMILES string of the molecule is CCC(=O)c1ccc(OCCCC(C)C)cn1. The molecule has 0 amide bonds. The quantitative estimate of drug-likeness (QED) is 0.536. The molecule has 0 saturated heterocycles. The Balaban J connectivity index is 2.38. The summed E-state index contributed by atoms with van der Waals surface area (Å²) < 4.78 is 5.55. The summed E-state index contributed by atoms with van der Waals surface area (Å²) in [6.07, 6.45) is 4.33. The number of Topliss-reactive ketones (excluding diaryl/α,β-unsaturated/α-hetero) is 1. The second-order valence-electron chi connectivity index (χ2n) is 4.54. The summed E-state index contributed by atoms with van der Waals surface area (Å²) in [7, 11) is 0. The third-order valence-corrected chi connectivity index (χ3v) is 2.54. The summed E-state index contributed by atoms with van der Waals surface area (Å²) in [5, 5.41) is 0. The molecule has 0 radical (unpaired) electrons. The molecule has 1 rings (SSSR count). The highest BCUT2D eigenvalue weighted by Gasteiger charge is 2.04. The molecule has 3 heteroatoms. The molecule has 0 bridgehead atoms. The lowest BCUT2D eigenvalue weighted by Gasteiger charge is -2.07. The van der Waals surface area contributed by atoms with Gasteiger partial charge < -0.3 is 4.74 Å². The van der Waals surface area contributed by atoms with E-state index >= 15 is 0 Å². The Bertz CT molecular complexity index is 344. The molecule has 17 heavy (non-hydrogen) atoms. The highest BCUT2D eigenvalue weighted by Crippen LogP contribution is 2.11. The number of nitrogens with zero attached hydrogens (tertiary/aromatic N) is 1. The molecule has 0 aliphatic heterocycles. The lowest BCUT2D eigenvalue weighted by atomic mass is 10.1. The van der Waals surface area contributed by atoms with Crippen LogP contribution in [0, 0.1) is 5.92 Å². The minimum Gasteiger partial charge on any atom is -0.492 e. The second-order valence-corrected chi connectivity index (χ2v) is 4.54. The molecule has 0 aliphatic rings. The fraction of sp³-hybridized carbons (Fsp3) is 0.571. The van der Waals surface area contributed by atoms with E-state index in [0.29, 0.717) is 24.6 Å². The molecule has 0 atom stereocenters. The zero-order chi connectivity index (χ0) is 12.7. The van der Waals surface area contributed by atoms with Gasteiger partial charge in [0, 0.05) is 6.42 Å². The monoisotopic (exact) mass is 235 g/mol. The van der Waals surface area contributed by atoms with Gasteiger partial charge in [0.15, 0.2) is 5.78 Å². The van der Waals surface area contributed by atoms with Crippen LogP contribution in [0.15, 0.2) is 18.3 Å². The number of rotatable bonds is 7. The summed E-state index contributed by atoms with van der Waals surface area (Å²) in [4.78, 5) is 15.4. The van der Waals surface area contributed by atoms with Gasteiger partial charge in [-0.1, -0.05) is 20.8 Å². The lowest BCUT2D eigenvalue weighted by molar-refractivity contribution is 0.0983. The van der Waals surface area contributed by atoms with Gasteiger partial charge in [0.1, 0.15) is 11.4 Å². The van der Waals surface area contributed by atoms with E-state index in [1.807, 2.05) is 13.0 Å². The number of carbonyl (C=O) groups excluding carboxylic acids is 1. The smallest absolute Gasteiger partial charge is 0.180 e. The van der Waals surface area contributed by atoms with Gasteiger partial charge in [-0.2, -0.15) is 0 Å². The van der Waals surface area contributed by atoms with Gasteiger partial charge in [0.25, 0.3) is 0 Å². The number of ether oxygens (including phenoxy) is 1. The van der Waals surface area contributed by atoms with Crippen LogP contribution in [-0.2, 0) is 0 Å². The van der Waals surface area contributed by atoms with Crippen LogP contribution in [-0.4, -0.2) is 17.4 Å². The van der Waals surface area contributed by atoms with Gasteiger partial charge in [0.05, 0.1) is 12.8 Å². The maximum absolute atomic E-state index is 11.4. The molecule has 0 spiro atoms. The predicted octanol–water partition coefficient (Wildman–Crippen LogP) is 3.49. The van der Waals surface area contributed by atoms with Crippen LogP contribution in [0.2, 0.25) is 0 Å². The molecule has 0 saturated carbocycles. The average molecular weight is 235 g/mol. The van der Waals surface area contributed by atoms with E-state index in [1.165, 1.54) is 6.42 Å². The molecule has 0 aromatic carbocycles. The van der Waals surface area contributed by atoms with E-state index in [-0.39, 0.29) is 5.78 Å². The second kappa shape index (κ2) is 7.05. The number of hydrogen-bond donors (Lipinski definition) is 0. The summed E-state index contributed by atoms with van der Waals surface area (Å²) in [5.74, 6) is 1.51. The van der Waals surface area contributed by atoms with Gasteiger partial charge in [-0.3, -0.25) is 4.79 Å². The summed E-state index contributed by atoms with van der Waals surface area (Å²) in [6, 6.07) is 3.54. The van der Waals surface area contributed by atoms with Crippen molar-refractivity contribution in [3.8, 4) is 5.75 Å². The van der Waals surface area contributed by atoms with Gasteiger partial charge in [-0.05, 0) is 30.9 Å². The van der Waals surface area contributed by atoms with Crippen molar-refractivity contribution in [3.05, 3.63) is 24.0 Å². The van der Waals surface area contributed by atoms with E-state index in [1.54, 1.807) is 12.3 Å². The van der Waals surface area contributed by atoms with Crippen LogP contribution in [0.1, 0.15) is 50.5 Å². The van der Waals surface area contributed by atoms with Crippen molar-refractivity contribution in [2.75, 3.05) is 6.61 Å². The molecule has 94 valence electrons. The number of ketones is 1. The van der Waals surface area contributed by atoms with Crippen molar-refractivity contribution in [2.45, 2.75) is 40.0 Å². The Morgan fingerprint density at radius 1 is 1.41 bits per heavy atom. The molecule has 0 unspecified atom stereocenters. The maximum atomic E-state index is 11.4. The minimum atomic E-state index is 0.0661. The molecule has 1 heterocycles. The van der Waals surface area contributed by atoms with Crippen molar-refractivity contribution in [1.29, 1.82) is 0 Å². The first-order valence-electron chi connectivity index (χ1n) is 6.25. The van der Waals surface area contributed by atoms with Gasteiger partial charge >= 0.3 is 0 Å². The summed E-state index contributed by atoms with van der Waals surface area (Å²) in [5.41, 5.74) is 0.516. The molecule has 0 aliphatic carbocycles. The topological polar surface area (TPSA) is 39.2 Å². The number of hydrogen-bond acceptors (Lipinski definition) is 3. The lowest BCUT2D eigenvalue weighted by Crippen LogP contribution is -2.02. The normalized spacial score (nSPS) is 10.6. The average Bonchev–Trinajstić information content (AvgIpc) is 2.34. The first-order valence-corrected chi connectivity index (χ1v) is 6.25. The van der Waals surface area contributed by atoms with Crippen molar-refractivity contribution in [1.82, 2.24) is 4.98 Å². The molecule has 0 fully saturated rings. The van der Waals surface area contributed by atoms with Gasteiger partial charge in [-0.15, -0.1) is 0 Å². The molecule has 1 aromatic heterocycles. The van der Waals surface area contributed by atoms with Crippen LogP contribution in [0.5, 0.6) is 5.75 Å². The molecular weight excluding hydrogens is 214 g/mol. The third-order valence-electron chi connectivity index (χ3n) is 2.54. The summed E-state index contributed by atoms with van der Waals surface area (Å²) in [6.45, 7) is 6.95. The van der Waals surface area contributed by atoms with Crippen molar-refractivity contribution in [3.63, 3.8) is 0 Å². The van der Waals surface area contributed by atoms with E-state index in [2.05, 4.69) is 18.8 Å². The van der Waals surface area contributed by atoms with Crippen molar-refractivity contribution >= 4 is 5.78 Å². The standard InChI is InChI=1S/C14H21NO2/c1-4-14(16)13-8-7-12(10-15-13)17-9-5-6-11(2)3/h7-8,10-11H,4-6,9H2,1-3H3. The number of aromatic nitrogens is 1. The number of pyridine rings is 1. The van der Waals surface area contributed by atoms with Crippen LogP contribution in [0.4, 0.5) is 0 Å². The predicted molar refractivity (Wildman–Crippen MR) is 68.4 cm³/mol. The minimum absolute atomic E-state index is 0.0661. The van der Waals surface area contributed by atoms with Crippen molar-refractivity contribution < 1.29 is 9.53 Å². The molecular formula is C14H21NO2. The highest BCUT2D eigenvalue weighted by molar-refractivity contribution is 5.93. The van der Waals surface area contributed by atoms with Crippen LogP contribution < -0.4 is 4.74 Å². The third kappa shape index (κ3) is 4.98. The Morgan fingerprint density at radius 3 is 2.71 bits per heavy atom. The number of carbonyl (C=O) groups is 1. The Morgan fingerprint density at radius 2 is 2.18 bits per heavy atom. The Kier molecular flexibility index (Phi) is 5.67. The fourth-order valence-electron chi connectivity index (χ4n) is 1.49. The van der Waals surface area contributed by atoms with Gasteiger partial charge in [0.2, 0.25) is 0 Å². The zero-order valence-corrected chi connectivity index (χ0v) is 10.9. The first kappa shape index (κ1) is 13.7. The van der Waals surface area contributed by atoms with E-state index in [4.69, 9.17) is 4.74 Å². The first-order chi connectivity index (χ1) is 8.13. The Hall–Kier alpha value is -1.38. The zero-order valence-electron chi connectivity index (χ0n) is 10.9. The van der Waals surface area contributed by atoms with Crippen molar-refractivity contribution in [2.24, 2.45) is 5.92 Å². The summed E-state index contributed by atoms with van der Waals surface area (Å²) >= 11 is 0. The largest absolute Gasteiger partial charge is 0.492 e.